The molecule has 3 aromatic rings. The third kappa shape index (κ3) is 2.66. The molecule has 0 saturated heterocycles. The molecule has 0 N–H and O–H groups in total. The molecule has 0 aliphatic carbocycles. The number of fused-ring (bicyclic) bond motifs is 1. The molecule has 3 rings (SSSR count). The standard InChI is InChI=1S/C14H11Cl2N3O2/c1-7-11(8(2)21-19-7)5-20-14-10-3-9(15)4-12(16)13(10)17-6-18-14/h3-4,6H,5H2,1-2H3. The highest BCUT2D eigenvalue weighted by Crippen LogP contribution is 2.31. The van der Waals surface area contributed by atoms with Gasteiger partial charge in [0.25, 0.3) is 0 Å². The zero-order chi connectivity index (χ0) is 15.0. The van der Waals surface area contributed by atoms with Crippen LogP contribution in [0.3, 0.4) is 0 Å². The lowest BCUT2D eigenvalue weighted by Crippen LogP contribution is -2.00. The fourth-order valence-corrected chi connectivity index (χ4v) is 2.57. The lowest BCUT2D eigenvalue weighted by atomic mass is 10.2. The van der Waals surface area contributed by atoms with Gasteiger partial charge >= 0.3 is 0 Å². The van der Waals surface area contributed by atoms with Crippen molar-refractivity contribution in [2.24, 2.45) is 0 Å². The van der Waals surface area contributed by atoms with E-state index in [0.29, 0.717) is 33.4 Å². The number of aromatic nitrogens is 3. The van der Waals surface area contributed by atoms with E-state index in [-0.39, 0.29) is 0 Å². The monoisotopic (exact) mass is 323 g/mol. The molecule has 0 aliphatic rings. The fraction of sp³-hybridized carbons (Fsp3) is 0.214. The van der Waals surface area contributed by atoms with Gasteiger partial charge in [-0.05, 0) is 26.0 Å². The summed E-state index contributed by atoms with van der Waals surface area (Å²) in [6.45, 7) is 4.00. The predicted molar refractivity (Wildman–Crippen MR) is 79.9 cm³/mol. The van der Waals surface area contributed by atoms with Crippen LogP contribution in [0.5, 0.6) is 5.88 Å². The largest absolute Gasteiger partial charge is 0.472 e. The second-order valence-corrected chi connectivity index (χ2v) is 5.40. The van der Waals surface area contributed by atoms with Crippen LogP contribution >= 0.6 is 23.2 Å². The van der Waals surface area contributed by atoms with Gasteiger partial charge in [-0.25, -0.2) is 9.97 Å². The molecule has 0 saturated carbocycles. The minimum atomic E-state index is 0.303. The number of benzene rings is 1. The zero-order valence-electron chi connectivity index (χ0n) is 11.4. The van der Waals surface area contributed by atoms with Crippen LogP contribution in [0.4, 0.5) is 0 Å². The summed E-state index contributed by atoms with van der Waals surface area (Å²) >= 11 is 12.2. The topological polar surface area (TPSA) is 61.0 Å². The highest BCUT2D eigenvalue weighted by molar-refractivity contribution is 6.38. The highest BCUT2D eigenvalue weighted by Gasteiger charge is 2.13. The second-order valence-electron chi connectivity index (χ2n) is 4.55. The van der Waals surface area contributed by atoms with Gasteiger partial charge in [-0.2, -0.15) is 0 Å². The molecule has 108 valence electrons. The summed E-state index contributed by atoms with van der Waals surface area (Å²) in [6.07, 6.45) is 1.41. The van der Waals surface area contributed by atoms with Crippen LogP contribution in [0.15, 0.2) is 23.0 Å². The lowest BCUT2D eigenvalue weighted by Gasteiger charge is -2.08. The minimum absolute atomic E-state index is 0.303. The van der Waals surface area contributed by atoms with Crippen molar-refractivity contribution in [2.75, 3.05) is 0 Å². The van der Waals surface area contributed by atoms with Crippen LogP contribution in [0.2, 0.25) is 10.0 Å². The zero-order valence-corrected chi connectivity index (χ0v) is 12.9. The van der Waals surface area contributed by atoms with E-state index in [2.05, 4.69) is 15.1 Å². The van der Waals surface area contributed by atoms with E-state index in [1.54, 1.807) is 12.1 Å². The van der Waals surface area contributed by atoms with E-state index in [0.717, 1.165) is 17.0 Å². The van der Waals surface area contributed by atoms with Crippen molar-refractivity contribution < 1.29 is 9.26 Å². The average molecular weight is 324 g/mol. The van der Waals surface area contributed by atoms with Crippen molar-refractivity contribution in [1.29, 1.82) is 0 Å². The third-order valence-corrected chi connectivity index (χ3v) is 3.66. The molecule has 2 aromatic heterocycles. The smallest absolute Gasteiger partial charge is 0.224 e. The van der Waals surface area contributed by atoms with Crippen molar-refractivity contribution in [2.45, 2.75) is 20.5 Å². The first-order valence-corrected chi connectivity index (χ1v) is 6.96. The maximum Gasteiger partial charge on any atom is 0.224 e. The van der Waals surface area contributed by atoms with E-state index in [1.807, 2.05) is 13.8 Å². The molecule has 0 aliphatic heterocycles. The normalized spacial score (nSPS) is 11.0. The number of aryl methyl sites for hydroxylation is 2. The fourth-order valence-electron chi connectivity index (χ4n) is 2.03. The second kappa shape index (κ2) is 5.50. The maximum atomic E-state index is 6.13. The number of rotatable bonds is 3. The summed E-state index contributed by atoms with van der Waals surface area (Å²) in [5.74, 6) is 1.14. The summed E-state index contributed by atoms with van der Waals surface area (Å²) in [5.41, 5.74) is 2.29. The van der Waals surface area contributed by atoms with Crippen molar-refractivity contribution in [1.82, 2.24) is 15.1 Å². The van der Waals surface area contributed by atoms with Crippen molar-refractivity contribution in [3.8, 4) is 5.88 Å². The maximum absolute atomic E-state index is 6.13. The van der Waals surface area contributed by atoms with Crippen molar-refractivity contribution in [3.05, 3.63) is 45.5 Å². The molecule has 0 unspecified atom stereocenters. The Morgan fingerprint density at radius 1 is 1.19 bits per heavy atom. The van der Waals surface area contributed by atoms with Gasteiger partial charge < -0.3 is 9.26 Å². The van der Waals surface area contributed by atoms with Gasteiger partial charge in [0, 0.05) is 5.02 Å². The molecule has 7 heteroatoms. The Morgan fingerprint density at radius 3 is 2.71 bits per heavy atom. The van der Waals surface area contributed by atoms with Crippen molar-refractivity contribution in [3.63, 3.8) is 0 Å². The van der Waals surface area contributed by atoms with Crippen LogP contribution in [0.1, 0.15) is 17.0 Å². The summed E-state index contributed by atoms with van der Waals surface area (Å²) in [6, 6.07) is 3.36. The van der Waals surface area contributed by atoms with Crippen molar-refractivity contribution >= 4 is 34.1 Å². The van der Waals surface area contributed by atoms with E-state index >= 15 is 0 Å². The Hall–Kier alpha value is -1.85. The number of hydrogen-bond donors (Lipinski definition) is 0. The van der Waals surface area contributed by atoms with E-state index < -0.39 is 0 Å². The quantitative estimate of drug-likeness (QED) is 0.725. The Morgan fingerprint density at radius 2 is 2.00 bits per heavy atom. The molecular weight excluding hydrogens is 313 g/mol. The van der Waals surface area contributed by atoms with Gasteiger partial charge in [-0.1, -0.05) is 28.4 Å². The van der Waals surface area contributed by atoms with Gasteiger partial charge in [-0.3, -0.25) is 0 Å². The van der Waals surface area contributed by atoms with E-state index in [1.165, 1.54) is 6.33 Å². The van der Waals surface area contributed by atoms with Gasteiger partial charge in [0.05, 0.1) is 27.2 Å². The Balaban J connectivity index is 1.98. The Labute approximate surface area is 130 Å². The summed E-state index contributed by atoms with van der Waals surface area (Å²) in [7, 11) is 0. The predicted octanol–water partition coefficient (Wildman–Crippen LogP) is 4.12. The summed E-state index contributed by atoms with van der Waals surface area (Å²) < 4.78 is 10.9. The summed E-state index contributed by atoms with van der Waals surface area (Å²) in [5, 5.41) is 5.52. The summed E-state index contributed by atoms with van der Waals surface area (Å²) in [4.78, 5) is 8.30. The molecule has 0 amide bonds. The number of halogens is 2. The number of hydrogen-bond acceptors (Lipinski definition) is 5. The van der Waals surface area contributed by atoms with E-state index in [9.17, 15) is 0 Å². The molecule has 21 heavy (non-hydrogen) atoms. The Kier molecular flexibility index (Phi) is 3.69. The molecule has 1 aromatic carbocycles. The van der Waals surface area contributed by atoms with Gasteiger partial charge in [0.2, 0.25) is 5.88 Å². The lowest BCUT2D eigenvalue weighted by molar-refractivity contribution is 0.293. The molecule has 5 nitrogen and oxygen atoms in total. The number of nitrogens with zero attached hydrogens (tertiary/aromatic N) is 3. The first kappa shape index (κ1) is 14.1. The molecule has 0 radical (unpaired) electrons. The molecule has 0 bridgehead atoms. The minimum Gasteiger partial charge on any atom is -0.472 e. The SMILES string of the molecule is Cc1noc(C)c1COc1ncnc2c(Cl)cc(Cl)cc12. The average Bonchev–Trinajstić information content (AvgIpc) is 2.76. The van der Waals surface area contributed by atoms with E-state index in [4.69, 9.17) is 32.5 Å². The first-order valence-electron chi connectivity index (χ1n) is 6.20. The van der Waals surface area contributed by atoms with Gasteiger partial charge in [0.1, 0.15) is 18.7 Å². The number of ether oxygens (including phenoxy) is 1. The molecule has 0 atom stereocenters. The van der Waals surface area contributed by atoms with Crippen LogP contribution in [-0.2, 0) is 6.61 Å². The molecular formula is C14H11Cl2N3O2. The third-order valence-electron chi connectivity index (χ3n) is 3.15. The van der Waals surface area contributed by atoms with Gasteiger partial charge in [0.15, 0.2) is 0 Å². The first-order chi connectivity index (χ1) is 10.1. The Bertz CT molecular complexity index is 798. The molecule has 2 heterocycles. The molecule has 0 fully saturated rings. The molecule has 0 spiro atoms. The highest BCUT2D eigenvalue weighted by atomic mass is 35.5. The van der Waals surface area contributed by atoms with Crippen LogP contribution in [-0.4, -0.2) is 15.1 Å². The van der Waals surface area contributed by atoms with Crippen LogP contribution in [0, 0.1) is 13.8 Å². The van der Waals surface area contributed by atoms with Crippen LogP contribution in [0.25, 0.3) is 10.9 Å². The van der Waals surface area contributed by atoms with Gasteiger partial charge in [-0.15, -0.1) is 0 Å². The van der Waals surface area contributed by atoms with Crippen LogP contribution < -0.4 is 4.74 Å².